The van der Waals surface area contributed by atoms with Gasteiger partial charge in [0.25, 0.3) is 0 Å². The Morgan fingerprint density at radius 1 is 1.33 bits per heavy atom. The van der Waals surface area contributed by atoms with E-state index in [1.54, 1.807) is 19.1 Å². The Morgan fingerprint density at radius 2 is 2.04 bits per heavy atom. The van der Waals surface area contributed by atoms with E-state index < -0.39 is 6.36 Å². The van der Waals surface area contributed by atoms with Gasteiger partial charge in [-0.25, -0.2) is 0 Å². The zero-order valence-electron chi connectivity index (χ0n) is 15.2. The number of rotatable bonds is 9. The maximum absolute atomic E-state index is 12.2. The number of nitriles is 1. The highest BCUT2D eigenvalue weighted by atomic mass is 19.4. The zero-order chi connectivity index (χ0) is 20.7. The molecule has 0 saturated carbocycles. The van der Waals surface area contributed by atoms with E-state index in [0.717, 1.165) is 24.8 Å². The van der Waals surface area contributed by atoms with Crippen LogP contribution in [0.2, 0.25) is 0 Å². The first kappa shape index (κ1) is 24.1. The first-order valence-corrected chi connectivity index (χ1v) is 8.23. The van der Waals surface area contributed by atoms with Crippen LogP contribution in [0.3, 0.4) is 0 Å². The lowest BCUT2D eigenvalue weighted by Crippen LogP contribution is -2.17. The van der Waals surface area contributed by atoms with Gasteiger partial charge < -0.3 is 14.9 Å². The van der Waals surface area contributed by atoms with Gasteiger partial charge in [0.1, 0.15) is 12.5 Å². The van der Waals surface area contributed by atoms with Crippen LogP contribution >= 0.6 is 0 Å². The predicted molar refractivity (Wildman–Crippen MR) is 98.7 cm³/mol. The second kappa shape index (κ2) is 13.3. The number of benzene rings is 1. The Labute approximate surface area is 157 Å². The molecule has 27 heavy (non-hydrogen) atoms. The molecule has 146 valence electrons. The second-order valence-corrected chi connectivity index (χ2v) is 5.51. The van der Waals surface area contributed by atoms with E-state index >= 15 is 0 Å². The number of hydrogen-bond acceptors (Lipinski definition) is 4. The summed E-state index contributed by atoms with van der Waals surface area (Å²) in [6.45, 7) is 3.71. The fourth-order valence-corrected chi connectivity index (χ4v) is 2.17. The molecule has 0 aliphatic rings. The van der Waals surface area contributed by atoms with Crippen molar-refractivity contribution in [2.24, 2.45) is 0 Å². The molecule has 0 spiro atoms. The number of ether oxygens (including phenoxy) is 1. The van der Waals surface area contributed by atoms with Gasteiger partial charge in [0.15, 0.2) is 0 Å². The Morgan fingerprint density at radius 3 is 2.63 bits per heavy atom. The summed E-state index contributed by atoms with van der Waals surface area (Å²) >= 11 is 0. The number of alkyl halides is 3. The molecule has 0 aliphatic carbocycles. The van der Waals surface area contributed by atoms with E-state index in [4.69, 9.17) is 15.5 Å². The summed E-state index contributed by atoms with van der Waals surface area (Å²) in [5.74, 6) is -0.234. The molecule has 0 fully saturated rings. The molecule has 0 atom stereocenters. The van der Waals surface area contributed by atoms with Crippen molar-refractivity contribution in [3.8, 4) is 11.8 Å². The minimum Gasteiger partial charge on any atom is -0.406 e. The number of carbonyl (C=O) groups excluding carboxylic acids is 1. The van der Waals surface area contributed by atoms with Crippen LogP contribution in [-0.4, -0.2) is 18.9 Å². The Bertz CT molecular complexity index is 689. The highest BCUT2D eigenvalue weighted by Gasteiger charge is 2.30. The van der Waals surface area contributed by atoms with Gasteiger partial charge in [0.2, 0.25) is 0 Å². The lowest BCUT2D eigenvalue weighted by atomic mass is 10.0. The molecule has 1 aromatic rings. The van der Waals surface area contributed by atoms with Crippen LogP contribution in [0.4, 0.5) is 13.2 Å². The third kappa shape index (κ3) is 12.2. The molecule has 0 radical (unpaired) electrons. The van der Waals surface area contributed by atoms with Gasteiger partial charge >= 0.3 is 6.36 Å². The quantitative estimate of drug-likeness (QED) is 0.347. The van der Waals surface area contributed by atoms with Crippen LogP contribution in [0, 0.1) is 16.7 Å². The van der Waals surface area contributed by atoms with Gasteiger partial charge in [0, 0.05) is 12.1 Å². The molecule has 0 bridgehead atoms. The third-order valence-electron chi connectivity index (χ3n) is 3.39. The van der Waals surface area contributed by atoms with E-state index in [2.05, 4.69) is 10.8 Å². The van der Waals surface area contributed by atoms with Crippen LogP contribution in [-0.2, 0) is 11.2 Å². The molecule has 0 saturated heterocycles. The van der Waals surface area contributed by atoms with Crippen LogP contribution in [0.1, 0.15) is 38.2 Å². The Balaban J connectivity index is 0.00000326. The molecule has 1 rings (SSSR count). The normalized spacial score (nSPS) is 11.4. The van der Waals surface area contributed by atoms with E-state index in [1.807, 2.05) is 18.9 Å². The Kier molecular flexibility index (Phi) is 11.9. The van der Waals surface area contributed by atoms with E-state index in [-0.39, 0.29) is 5.75 Å². The Hall–Kier alpha value is -2.88. The number of halogens is 3. The topological polar surface area (TPSA) is 73.9 Å². The van der Waals surface area contributed by atoms with Crippen molar-refractivity contribution in [3.05, 3.63) is 53.6 Å². The van der Waals surface area contributed by atoms with Gasteiger partial charge in [-0.3, -0.25) is 0 Å². The van der Waals surface area contributed by atoms with Gasteiger partial charge in [-0.2, -0.15) is 5.26 Å². The summed E-state index contributed by atoms with van der Waals surface area (Å²) in [7, 11) is 0. The van der Waals surface area contributed by atoms with E-state index in [1.165, 1.54) is 18.2 Å². The van der Waals surface area contributed by atoms with E-state index in [0.29, 0.717) is 24.1 Å². The van der Waals surface area contributed by atoms with Crippen LogP contribution in [0.15, 0.2) is 48.1 Å². The SMILES string of the molecule is C=O.CC(=N)/C(=C\C=C\Cc1cccc(OC(F)(F)F)c1)CCCCC#N. The molecule has 0 aliphatic heterocycles. The summed E-state index contributed by atoms with van der Waals surface area (Å²) in [4.78, 5) is 8.00. The second-order valence-electron chi connectivity index (χ2n) is 5.51. The molecule has 1 N–H and O–H groups in total. The van der Waals surface area contributed by atoms with Crippen molar-refractivity contribution in [2.75, 3.05) is 0 Å². The lowest BCUT2D eigenvalue weighted by molar-refractivity contribution is -0.274. The van der Waals surface area contributed by atoms with E-state index in [9.17, 15) is 13.2 Å². The lowest BCUT2D eigenvalue weighted by Gasteiger charge is -2.09. The standard InChI is InChI=1S/C19H21F3N2O.CH2O/c1-15(24)17(10-3-2-6-13-23)11-5-4-8-16-9-7-12-18(14-16)25-19(20,21)22;1-2/h4-5,7,9,11-12,14,24H,2-3,6,8,10H2,1H3;1H2/b5-4+,17-11-,24-15?;. The molecule has 4 nitrogen and oxygen atoms in total. The summed E-state index contributed by atoms with van der Waals surface area (Å²) in [6, 6.07) is 7.95. The van der Waals surface area contributed by atoms with Crippen molar-refractivity contribution in [1.82, 2.24) is 0 Å². The molecular weight excluding hydrogens is 357 g/mol. The van der Waals surface area contributed by atoms with Crippen LogP contribution < -0.4 is 4.74 Å². The highest BCUT2D eigenvalue weighted by molar-refractivity contribution is 5.95. The average molecular weight is 380 g/mol. The number of unbranched alkanes of at least 4 members (excludes halogenated alkanes) is 2. The predicted octanol–water partition coefficient (Wildman–Crippen LogP) is 5.55. The molecule has 0 aromatic heterocycles. The largest absolute Gasteiger partial charge is 0.573 e. The van der Waals surface area contributed by atoms with Gasteiger partial charge in [-0.05, 0) is 55.9 Å². The number of allylic oxidation sites excluding steroid dienone is 4. The number of nitrogens with one attached hydrogen (secondary N) is 1. The fraction of sp³-hybridized carbons (Fsp3) is 0.350. The van der Waals surface area contributed by atoms with Crippen molar-refractivity contribution in [1.29, 1.82) is 10.7 Å². The maximum atomic E-state index is 12.2. The van der Waals surface area contributed by atoms with Gasteiger partial charge in [0.05, 0.1) is 6.07 Å². The van der Waals surface area contributed by atoms with Crippen LogP contribution in [0.5, 0.6) is 5.75 Å². The third-order valence-corrected chi connectivity index (χ3v) is 3.39. The molecule has 0 unspecified atom stereocenters. The molecule has 7 heteroatoms. The smallest absolute Gasteiger partial charge is 0.406 e. The van der Waals surface area contributed by atoms with Gasteiger partial charge in [-0.1, -0.05) is 30.4 Å². The summed E-state index contributed by atoms with van der Waals surface area (Å²) in [6.07, 6.45) is 4.12. The van der Waals surface area contributed by atoms with Crippen molar-refractivity contribution in [2.45, 2.75) is 45.4 Å². The number of hydrogen-bond donors (Lipinski definition) is 1. The molecule has 1 aromatic carbocycles. The average Bonchev–Trinajstić information content (AvgIpc) is 2.60. The first-order valence-electron chi connectivity index (χ1n) is 8.23. The number of carbonyl (C=O) groups is 1. The molecule has 0 amide bonds. The number of nitrogens with zero attached hydrogens (tertiary/aromatic N) is 1. The van der Waals surface area contributed by atoms with Gasteiger partial charge in [-0.15, -0.1) is 13.2 Å². The minimum atomic E-state index is -4.70. The first-order chi connectivity index (χ1) is 12.8. The fourth-order valence-electron chi connectivity index (χ4n) is 2.17. The maximum Gasteiger partial charge on any atom is 0.573 e. The molecular formula is C20H23F3N2O2. The van der Waals surface area contributed by atoms with Crippen molar-refractivity contribution in [3.63, 3.8) is 0 Å². The highest BCUT2D eigenvalue weighted by Crippen LogP contribution is 2.23. The zero-order valence-corrected chi connectivity index (χ0v) is 15.2. The molecule has 0 heterocycles. The van der Waals surface area contributed by atoms with Crippen LogP contribution in [0.25, 0.3) is 0 Å². The minimum absolute atomic E-state index is 0.234. The summed E-state index contributed by atoms with van der Waals surface area (Å²) in [5.41, 5.74) is 2.07. The monoisotopic (exact) mass is 380 g/mol. The summed E-state index contributed by atoms with van der Waals surface area (Å²) < 4.78 is 40.5. The summed E-state index contributed by atoms with van der Waals surface area (Å²) in [5, 5.41) is 16.3. The van der Waals surface area contributed by atoms with Crippen molar-refractivity contribution < 1.29 is 22.7 Å². The van der Waals surface area contributed by atoms with Crippen molar-refractivity contribution >= 4 is 12.5 Å².